The number of aliphatic hydroxyl groups is 1. The first kappa shape index (κ1) is 12.2. The van der Waals surface area contributed by atoms with Crippen LogP contribution < -0.4 is 0 Å². The fraction of sp³-hybridized carbons (Fsp3) is 0.875. The topological polar surface area (TPSA) is 60.3 Å². The molecular weight excluding hydrogens is 174 g/mol. The Kier molecular flexibility index (Phi) is 7.33. The maximum atomic E-state index is 8.51. The number of hydrogen-bond donors (Lipinski definition) is 1. The van der Waals surface area contributed by atoms with E-state index in [1.54, 1.807) is 14.0 Å². The van der Waals surface area contributed by atoms with Gasteiger partial charge in [0.05, 0.1) is 13.2 Å². The molecule has 0 aromatic rings. The number of methoxy groups -OCH3 is 1. The summed E-state index contributed by atoms with van der Waals surface area (Å²) in [6.07, 6.45) is -0.147. The second-order valence-electron chi connectivity index (χ2n) is 2.24. The Balaban J connectivity index is 3.97. The van der Waals surface area contributed by atoms with Crippen molar-refractivity contribution < 1.29 is 19.3 Å². The van der Waals surface area contributed by atoms with Crippen molar-refractivity contribution in [2.75, 3.05) is 26.9 Å². The van der Waals surface area contributed by atoms with Gasteiger partial charge in [0, 0.05) is 7.11 Å². The molecule has 0 saturated carbocycles. The van der Waals surface area contributed by atoms with Crippen LogP contribution in [0.15, 0.2) is 4.99 Å². The van der Waals surface area contributed by atoms with Gasteiger partial charge in [0.1, 0.15) is 6.61 Å². The van der Waals surface area contributed by atoms with Gasteiger partial charge in [0.15, 0.2) is 6.23 Å². The number of ether oxygens (including phenoxy) is 3. The van der Waals surface area contributed by atoms with Crippen LogP contribution in [0.3, 0.4) is 0 Å². The Morgan fingerprint density at radius 3 is 2.62 bits per heavy atom. The van der Waals surface area contributed by atoms with E-state index in [0.29, 0.717) is 6.61 Å². The molecule has 1 atom stereocenters. The molecule has 0 saturated heterocycles. The van der Waals surface area contributed by atoms with Crippen LogP contribution in [0.1, 0.15) is 13.8 Å². The van der Waals surface area contributed by atoms with Crippen LogP contribution in [0.5, 0.6) is 0 Å². The molecule has 0 rings (SSSR count). The molecule has 1 unspecified atom stereocenters. The Morgan fingerprint density at radius 1 is 1.46 bits per heavy atom. The highest BCUT2D eigenvalue weighted by Crippen LogP contribution is 1.94. The van der Waals surface area contributed by atoms with Crippen LogP contribution in [-0.4, -0.2) is 44.3 Å². The summed E-state index contributed by atoms with van der Waals surface area (Å²) in [5.74, 6) is 0. The van der Waals surface area contributed by atoms with Crippen LogP contribution in [0.2, 0.25) is 0 Å². The first-order valence-electron chi connectivity index (χ1n) is 4.21. The first-order chi connectivity index (χ1) is 6.24. The lowest BCUT2D eigenvalue weighted by atomic mass is 10.7. The highest BCUT2D eigenvalue weighted by molar-refractivity contribution is 5.66. The van der Waals surface area contributed by atoms with E-state index in [4.69, 9.17) is 19.3 Å². The number of aliphatic hydroxyl groups excluding tert-OH is 1. The Morgan fingerprint density at radius 2 is 2.15 bits per heavy atom. The van der Waals surface area contributed by atoms with Crippen LogP contribution in [0.4, 0.5) is 0 Å². The van der Waals surface area contributed by atoms with Gasteiger partial charge in [-0.3, -0.25) is 0 Å². The Labute approximate surface area is 78.3 Å². The molecule has 13 heavy (non-hydrogen) atoms. The van der Waals surface area contributed by atoms with Crippen molar-refractivity contribution in [1.29, 1.82) is 0 Å². The monoisotopic (exact) mass is 191 g/mol. The van der Waals surface area contributed by atoms with Gasteiger partial charge >= 0.3 is 6.08 Å². The zero-order valence-corrected chi connectivity index (χ0v) is 8.32. The predicted molar refractivity (Wildman–Crippen MR) is 48.6 cm³/mol. The van der Waals surface area contributed by atoms with Gasteiger partial charge in [0.25, 0.3) is 0 Å². The minimum atomic E-state index is -0.305. The summed E-state index contributed by atoms with van der Waals surface area (Å²) in [7, 11) is 1.55. The van der Waals surface area contributed by atoms with E-state index in [1.807, 2.05) is 6.92 Å². The summed E-state index contributed by atoms with van der Waals surface area (Å²) < 4.78 is 15.0. The molecule has 0 aliphatic carbocycles. The van der Waals surface area contributed by atoms with Crippen LogP contribution in [0.25, 0.3) is 0 Å². The molecular formula is C8H17NO4. The van der Waals surface area contributed by atoms with Crippen molar-refractivity contribution in [3.05, 3.63) is 0 Å². The summed E-state index contributed by atoms with van der Waals surface area (Å²) in [6.45, 7) is 4.18. The Bertz CT molecular complexity index is 149. The fourth-order valence-electron chi connectivity index (χ4n) is 0.574. The SMILES string of the molecule is CCOC(=NC(C)OC)OCCO. The lowest BCUT2D eigenvalue weighted by molar-refractivity contribution is 0.0995. The molecule has 0 fully saturated rings. The smallest absolute Gasteiger partial charge is 0.386 e. The Hall–Kier alpha value is -0.810. The van der Waals surface area contributed by atoms with Gasteiger partial charge in [-0.1, -0.05) is 0 Å². The molecule has 0 aliphatic rings. The van der Waals surface area contributed by atoms with Crippen LogP contribution >= 0.6 is 0 Å². The molecule has 0 heterocycles. The highest BCUT2D eigenvalue weighted by atomic mass is 16.7. The quantitative estimate of drug-likeness (QED) is 0.504. The third kappa shape index (κ3) is 6.36. The van der Waals surface area contributed by atoms with Gasteiger partial charge in [-0.25, -0.2) is 0 Å². The third-order valence-corrected chi connectivity index (χ3v) is 1.21. The van der Waals surface area contributed by atoms with Gasteiger partial charge in [-0.2, -0.15) is 4.99 Å². The summed E-state index contributed by atoms with van der Waals surface area (Å²) >= 11 is 0. The molecule has 0 aromatic heterocycles. The first-order valence-corrected chi connectivity index (χ1v) is 4.21. The summed E-state index contributed by atoms with van der Waals surface area (Å²) in [5, 5.41) is 8.51. The molecule has 5 nitrogen and oxygen atoms in total. The zero-order valence-electron chi connectivity index (χ0n) is 8.32. The molecule has 0 aromatic carbocycles. The van der Waals surface area contributed by atoms with Crippen LogP contribution in [-0.2, 0) is 14.2 Å². The molecule has 5 heteroatoms. The third-order valence-electron chi connectivity index (χ3n) is 1.21. The van der Waals surface area contributed by atoms with E-state index in [-0.39, 0.29) is 25.5 Å². The van der Waals surface area contributed by atoms with Gasteiger partial charge < -0.3 is 19.3 Å². The maximum Gasteiger partial charge on any atom is 0.386 e. The molecule has 0 bridgehead atoms. The molecule has 0 spiro atoms. The summed E-state index contributed by atoms with van der Waals surface area (Å²) in [4.78, 5) is 3.96. The largest absolute Gasteiger partial charge is 0.451 e. The van der Waals surface area contributed by atoms with Crippen molar-refractivity contribution >= 4 is 6.08 Å². The van der Waals surface area contributed by atoms with Crippen molar-refractivity contribution in [2.24, 2.45) is 4.99 Å². The average Bonchev–Trinajstić information content (AvgIpc) is 2.14. The van der Waals surface area contributed by atoms with Crippen molar-refractivity contribution in [1.82, 2.24) is 0 Å². The summed E-state index contributed by atoms with van der Waals surface area (Å²) in [6, 6.07) is 0. The molecule has 78 valence electrons. The van der Waals surface area contributed by atoms with Crippen molar-refractivity contribution in [3.8, 4) is 0 Å². The standard InChI is InChI=1S/C8H17NO4/c1-4-12-8(13-6-5-10)9-7(2)11-3/h7,10H,4-6H2,1-3H3. The molecule has 1 N–H and O–H groups in total. The normalized spacial score (nSPS) is 14.0. The minimum absolute atomic E-state index is 0.0620. The number of nitrogens with zero attached hydrogens (tertiary/aromatic N) is 1. The zero-order chi connectivity index (χ0) is 10.1. The lowest BCUT2D eigenvalue weighted by Gasteiger charge is -2.10. The van der Waals surface area contributed by atoms with E-state index >= 15 is 0 Å². The number of hydrogen-bond acceptors (Lipinski definition) is 5. The van der Waals surface area contributed by atoms with E-state index < -0.39 is 0 Å². The van der Waals surface area contributed by atoms with Crippen molar-refractivity contribution in [2.45, 2.75) is 20.1 Å². The van der Waals surface area contributed by atoms with Gasteiger partial charge in [-0.05, 0) is 13.8 Å². The molecule has 0 aliphatic heterocycles. The number of rotatable bonds is 5. The van der Waals surface area contributed by atoms with Gasteiger partial charge in [-0.15, -0.1) is 0 Å². The van der Waals surface area contributed by atoms with Crippen LogP contribution in [0, 0.1) is 0 Å². The van der Waals surface area contributed by atoms with E-state index in [1.165, 1.54) is 0 Å². The maximum absolute atomic E-state index is 8.51. The second kappa shape index (κ2) is 7.82. The molecule has 0 radical (unpaired) electrons. The highest BCUT2D eigenvalue weighted by Gasteiger charge is 2.03. The van der Waals surface area contributed by atoms with E-state index in [9.17, 15) is 0 Å². The predicted octanol–water partition coefficient (Wildman–Crippen LogP) is 0.380. The minimum Gasteiger partial charge on any atom is -0.451 e. The fourth-order valence-corrected chi connectivity index (χ4v) is 0.574. The van der Waals surface area contributed by atoms with E-state index in [0.717, 1.165) is 0 Å². The number of aliphatic imine (C=N–C) groups is 1. The molecule has 0 amide bonds. The van der Waals surface area contributed by atoms with Crippen molar-refractivity contribution in [3.63, 3.8) is 0 Å². The van der Waals surface area contributed by atoms with E-state index in [2.05, 4.69) is 4.99 Å². The van der Waals surface area contributed by atoms with Gasteiger partial charge in [0.2, 0.25) is 0 Å². The lowest BCUT2D eigenvalue weighted by Crippen LogP contribution is -2.16. The summed E-state index contributed by atoms with van der Waals surface area (Å²) in [5.41, 5.74) is 0. The average molecular weight is 191 g/mol. The second-order valence-corrected chi connectivity index (χ2v) is 2.24.